The highest BCUT2D eigenvalue weighted by atomic mass is 79.9. The molecule has 24 heavy (non-hydrogen) atoms. The smallest absolute Gasteiger partial charge is 0.406 e. The Hall–Kier alpha value is -1.09. The molecule has 1 aromatic carbocycles. The van der Waals surface area contributed by atoms with Gasteiger partial charge in [-0.2, -0.15) is 0 Å². The van der Waals surface area contributed by atoms with Gasteiger partial charge in [0.15, 0.2) is 0 Å². The van der Waals surface area contributed by atoms with Crippen LogP contribution in [0.25, 0.3) is 0 Å². The third kappa shape index (κ3) is 4.50. The zero-order chi connectivity index (χ0) is 17.2. The van der Waals surface area contributed by atoms with Crippen molar-refractivity contribution in [1.29, 1.82) is 0 Å². The summed E-state index contributed by atoms with van der Waals surface area (Å²) >= 11 is 5.12. The number of piperazine rings is 1. The number of nitrogens with one attached hydrogen (secondary N) is 1. The van der Waals surface area contributed by atoms with E-state index in [0.29, 0.717) is 0 Å². The summed E-state index contributed by atoms with van der Waals surface area (Å²) in [4.78, 5) is 3.50. The summed E-state index contributed by atoms with van der Waals surface area (Å²) in [7, 11) is 0. The van der Waals surface area contributed by atoms with Gasteiger partial charge in [0.1, 0.15) is 5.75 Å². The molecule has 0 spiro atoms. The van der Waals surface area contributed by atoms with E-state index in [-0.39, 0.29) is 11.8 Å². The van der Waals surface area contributed by atoms with Crippen LogP contribution in [0.3, 0.4) is 0 Å². The SMILES string of the molecule is FC(F)(F)Oc1ccc([C@@H](c2cc(Br)cs2)N2CCNCC2)cc1. The van der Waals surface area contributed by atoms with Gasteiger partial charge < -0.3 is 10.1 Å². The molecule has 0 saturated carbocycles. The third-order valence-electron chi connectivity index (χ3n) is 3.80. The highest BCUT2D eigenvalue weighted by Crippen LogP contribution is 2.35. The number of ether oxygens (including phenoxy) is 1. The van der Waals surface area contributed by atoms with E-state index < -0.39 is 6.36 Å². The number of nitrogens with zero attached hydrogens (tertiary/aromatic N) is 1. The van der Waals surface area contributed by atoms with Gasteiger partial charge in [0.2, 0.25) is 0 Å². The summed E-state index contributed by atoms with van der Waals surface area (Å²) < 4.78 is 41.9. The standard InChI is InChI=1S/C16H16BrF3N2OS/c17-12-9-14(24-10-12)15(22-7-5-21-6-8-22)11-1-3-13(4-2-11)23-16(18,19)20/h1-4,9-10,15,21H,5-8H2/t15-/m0/s1. The third-order valence-corrected chi connectivity index (χ3v) is 5.55. The van der Waals surface area contributed by atoms with E-state index in [1.807, 2.05) is 5.38 Å². The fourth-order valence-corrected chi connectivity index (χ4v) is 4.42. The summed E-state index contributed by atoms with van der Waals surface area (Å²) in [5.74, 6) is -0.197. The van der Waals surface area contributed by atoms with E-state index in [0.717, 1.165) is 41.1 Å². The Labute approximate surface area is 150 Å². The van der Waals surface area contributed by atoms with Crippen molar-refractivity contribution in [2.24, 2.45) is 0 Å². The quantitative estimate of drug-likeness (QED) is 0.792. The van der Waals surface area contributed by atoms with Crippen LogP contribution in [0.1, 0.15) is 16.5 Å². The van der Waals surface area contributed by atoms with Crippen molar-refractivity contribution < 1.29 is 17.9 Å². The van der Waals surface area contributed by atoms with Gasteiger partial charge in [0.25, 0.3) is 0 Å². The van der Waals surface area contributed by atoms with Gasteiger partial charge in [-0.1, -0.05) is 12.1 Å². The molecule has 3 nitrogen and oxygen atoms in total. The fraction of sp³-hybridized carbons (Fsp3) is 0.375. The van der Waals surface area contributed by atoms with Gasteiger partial charge in [-0.3, -0.25) is 4.90 Å². The molecule has 0 amide bonds. The van der Waals surface area contributed by atoms with Crippen LogP contribution in [-0.2, 0) is 0 Å². The average Bonchev–Trinajstić information content (AvgIpc) is 2.95. The Kier molecular flexibility index (Phi) is 5.49. The minimum atomic E-state index is -4.67. The van der Waals surface area contributed by atoms with E-state index in [1.54, 1.807) is 23.5 Å². The lowest BCUT2D eigenvalue weighted by Crippen LogP contribution is -2.45. The number of benzene rings is 1. The normalized spacial score (nSPS) is 17.7. The lowest BCUT2D eigenvalue weighted by Gasteiger charge is -2.34. The van der Waals surface area contributed by atoms with E-state index in [1.165, 1.54) is 12.1 Å². The summed E-state index contributed by atoms with van der Waals surface area (Å²) in [5.41, 5.74) is 0.959. The molecule has 1 fully saturated rings. The fourth-order valence-electron chi connectivity index (χ4n) is 2.82. The van der Waals surface area contributed by atoms with Crippen molar-refractivity contribution in [2.45, 2.75) is 12.4 Å². The maximum Gasteiger partial charge on any atom is 0.573 e. The minimum Gasteiger partial charge on any atom is -0.406 e. The molecule has 1 saturated heterocycles. The molecule has 130 valence electrons. The Morgan fingerprint density at radius 2 is 1.83 bits per heavy atom. The zero-order valence-electron chi connectivity index (χ0n) is 12.6. The van der Waals surface area contributed by atoms with Gasteiger partial charge >= 0.3 is 6.36 Å². The summed E-state index contributed by atoms with van der Waals surface area (Å²) in [6, 6.07) is 8.27. The van der Waals surface area contributed by atoms with E-state index >= 15 is 0 Å². The molecule has 1 aliphatic heterocycles. The number of halogens is 4. The Morgan fingerprint density at radius 3 is 2.38 bits per heavy atom. The number of alkyl halides is 3. The number of rotatable bonds is 4. The molecular formula is C16H16BrF3N2OS. The van der Waals surface area contributed by atoms with Crippen LogP contribution in [-0.4, -0.2) is 37.4 Å². The van der Waals surface area contributed by atoms with Gasteiger partial charge in [0, 0.05) is 40.9 Å². The van der Waals surface area contributed by atoms with Crippen molar-refractivity contribution in [3.8, 4) is 5.75 Å². The monoisotopic (exact) mass is 420 g/mol. The molecule has 3 rings (SSSR count). The molecular weight excluding hydrogens is 405 g/mol. The van der Waals surface area contributed by atoms with Crippen LogP contribution < -0.4 is 10.1 Å². The van der Waals surface area contributed by atoms with Crippen molar-refractivity contribution in [3.05, 3.63) is 50.6 Å². The first kappa shape index (κ1) is 17.7. The van der Waals surface area contributed by atoms with Crippen LogP contribution in [0, 0.1) is 0 Å². The molecule has 2 aromatic rings. The molecule has 0 bridgehead atoms. The molecule has 2 heterocycles. The van der Waals surface area contributed by atoms with Crippen molar-refractivity contribution in [3.63, 3.8) is 0 Å². The first-order valence-corrected chi connectivity index (χ1v) is 9.14. The number of hydrogen-bond acceptors (Lipinski definition) is 4. The van der Waals surface area contributed by atoms with E-state index in [4.69, 9.17) is 0 Å². The Bertz CT molecular complexity index is 669. The lowest BCUT2D eigenvalue weighted by atomic mass is 10.0. The van der Waals surface area contributed by atoms with Gasteiger partial charge in [0.05, 0.1) is 6.04 Å². The molecule has 1 atom stereocenters. The first-order chi connectivity index (χ1) is 11.4. The van der Waals surface area contributed by atoms with Crippen LogP contribution in [0.5, 0.6) is 5.75 Å². The van der Waals surface area contributed by atoms with E-state index in [9.17, 15) is 13.2 Å². The van der Waals surface area contributed by atoms with Crippen LogP contribution in [0.15, 0.2) is 40.2 Å². The predicted octanol–water partition coefficient (Wildman–Crippen LogP) is 4.40. The zero-order valence-corrected chi connectivity index (χ0v) is 15.0. The Morgan fingerprint density at radius 1 is 1.17 bits per heavy atom. The Balaban J connectivity index is 1.87. The van der Waals surface area contributed by atoms with Crippen molar-refractivity contribution in [1.82, 2.24) is 10.2 Å². The van der Waals surface area contributed by atoms with Crippen molar-refractivity contribution in [2.75, 3.05) is 26.2 Å². The molecule has 0 unspecified atom stereocenters. The topological polar surface area (TPSA) is 24.5 Å². The van der Waals surface area contributed by atoms with Crippen LogP contribution >= 0.6 is 27.3 Å². The average molecular weight is 421 g/mol. The number of thiophene rings is 1. The highest BCUT2D eigenvalue weighted by molar-refractivity contribution is 9.10. The second-order valence-corrected chi connectivity index (χ2v) is 7.33. The molecule has 0 radical (unpaired) electrons. The highest BCUT2D eigenvalue weighted by Gasteiger charge is 2.31. The van der Waals surface area contributed by atoms with E-state index in [2.05, 4.69) is 36.9 Å². The molecule has 1 N–H and O–H groups in total. The summed E-state index contributed by atoms with van der Waals surface area (Å²) in [6.07, 6.45) is -4.67. The lowest BCUT2D eigenvalue weighted by molar-refractivity contribution is -0.274. The van der Waals surface area contributed by atoms with Gasteiger partial charge in [-0.15, -0.1) is 24.5 Å². The molecule has 1 aromatic heterocycles. The van der Waals surface area contributed by atoms with Crippen LogP contribution in [0.4, 0.5) is 13.2 Å². The van der Waals surface area contributed by atoms with Crippen LogP contribution in [0.2, 0.25) is 0 Å². The molecule has 8 heteroatoms. The maximum absolute atomic E-state index is 12.3. The largest absolute Gasteiger partial charge is 0.573 e. The first-order valence-electron chi connectivity index (χ1n) is 7.47. The number of hydrogen-bond donors (Lipinski definition) is 1. The molecule has 0 aliphatic carbocycles. The second-order valence-electron chi connectivity index (χ2n) is 5.47. The van der Waals surface area contributed by atoms with Gasteiger partial charge in [-0.25, -0.2) is 0 Å². The van der Waals surface area contributed by atoms with Gasteiger partial charge in [-0.05, 0) is 39.7 Å². The summed E-state index contributed by atoms with van der Waals surface area (Å²) in [6.45, 7) is 3.58. The maximum atomic E-state index is 12.3. The van der Waals surface area contributed by atoms with Crippen molar-refractivity contribution >= 4 is 27.3 Å². The minimum absolute atomic E-state index is 0.0309. The molecule has 1 aliphatic rings. The second kappa shape index (κ2) is 7.43. The summed E-state index contributed by atoms with van der Waals surface area (Å²) in [5, 5.41) is 5.34. The predicted molar refractivity (Wildman–Crippen MR) is 91.4 cm³/mol.